The lowest BCUT2D eigenvalue weighted by atomic mass is 9.95. The number of benzene rings is 2. The maximum absolute atomic E-state index is 13.2. The van der Waals surface area contributed by atoms with E-state index in [9.17, 15) is 9.18 Å². The lowest BCUT2D eigenvalue weighted by Gasteiger charge is -2.32. The van der Waals surface area contributed by atoms with E-state index >= 15 is 0 Å². The van der Waals surface area contributed by atoms with Gasteiger partial charge in [0.15, 0.2) is 5.82 Å². The van der Waals surface area contributed by atoms with Gasteiger partial charge < -0.3 is 10.2 Å². The second kappa shape index (κ2) is 8.92. The fraction of sp³-hybridized carbons (Fsp3) is 0.261. The molecule has 0 bridgehead atoms. The second-order valence-corrected chi connectivity index (χ2v) is 8.31. The molecule has 0 radical (unpaired) electrons. The number of nitrogens with one attached hydrogen (secondary N) is 1. The Morgan fingerprint density at radius 2 is 1.87 bits per heavy atom. The zero-order valence-electron chi connectivity index (χ0n) is 16.6. The average molecular weight is 469 g/mol. The Kier molecular flexibility index (Phi) is 6.08. The molecule has 0 aliphatic carbocycles. The fourth-order valence-corrected chi connectivity index (χ4v) is 3.85. The molecule has 1 aromatic heterocycles. The van der Waals surface area contributed by atoms with Gasteiger partial charge in [0.1, 0.15) is 11.6 Å². The van der Waals surface area contributed by atoms with Gasteiger partial charge in [-0.3, -0.25) is 4.79 Å². The van der Waals surface area contributed by atoms with Crippen molar-refractivity contribution in [3.8, 4) is 11.4 Å². The van der Waals surface area contributed by atoms with Crippen molar-refractivity contribution in [3.05, 3.63) is 70.6 Å². The molecule has 30 heavy (non-hydrogen) atoms. The van der Waals surface area contributed by atoms with Crippen LogP contribution in [0.4, 0.5) is 15.9 Å². The van der Waals surface area contributed by atoms with Crippen LogP contribution in [0.3, 0.4) is 0 Å². The van der Waals surface area contributed by atoms with Gasteiger partial charge in [-0.2, -0.15) is 0 Å². The highest BCUT2D eigenvalue weighted by Gasteiger charge is 2.26. The summed E-state index contributed by atoms with van der Waals surface area (Å²) in [5.74, 6) is 1.15. The number of carbonyl (C=O) groups excluding carboxylic acids is 1. The third-order valence-electron chi connectivity index (χ3n) is 5.36. The average Bonchev–Trinajstić information content (AvgIpc) is 2.77. The number of nitrogens with zero attached hydrogens (tertiary/aromatic N) is 3. The highest BCUT2D eigenvalue weighted by Crippen LogP contribution is 2.26. The molecule has 0 unspecified atom stereocenters. The molecule has 0 spiro atoms. The van der Waals surface area contributed by atoms with Crippen molar-refractivity contribution in [3.63, 3.8) is 0 Å². The molecular formula is C23H22BrFN4O. The van der Waals surface area contributed by atoms with Crippen LogP contribution in [0, 0.1) is 18.7 Å². The van der Waals surface area contributed by atoms with Gasteiger partial charge in [-0.05, 0) is 73.9 Å². The van der Waals surface area contributed by atoms with Crippen molar-refractivity contribution >= 4 is 33.3 Å². The molecule has 1 aliphatic rings. The van der Waals surface area contributed by atoms with Crippen LogP contribution in [0.1, 0.15) is 18.4 Å². The summed E-state index contributed by atoms with van der Waals surface area (Å²) in [6.07, 6.45) is 3.24. The molecule has 2 heterocycles. The normalized spacial score (nSPS) is 14.6. The molecule has 1 saturated heterocycles. The molecule has 1 amide bonds. The largest absolute Gasteiger partial charge is 0.356 e. The summed E-state index contributed by atoms with van der Waals surface area (Å²) in [7, 11) is 0. The van der Waals surface area contributed by atoms with Gasteiger partial charge in [-0.1, -0.05) is 15.9 Å². The van der Waals surface area contributed by atoms with Crippen molar-refractivity contribution in [1.29, 1.82) is 0 Å². The van der Waals surface area contributed by atoms with Crippen LogP contribution < -0.4 is 10.2 Å². The molecule has 0 saturated carbocycles. The van der Waals surface area contributed by atoms with E-state index < -0.39 is 0 Å². The molecule has 1 aliphatic heterocycles. The van der Waals surface area contributed by atoms with Crippen molar-refractivity contribution in [2.75, 3.05) is 23.3 Å². The molecule has 154 valence electrons. The van der Waals surface area contributed by atoms with Gasteiger partial charge in [0.25, 0.3) is 0 Å². The zero-order chi connectivity index (χ0) is 21.1. The van der Waals surface area contributed by atoms with Crippen molar-refractivity contribution in [2.45, 2.75) is 19.8 Å². The predicted molar refractivity (Wildman–Crippen MR) is 120 cm³/mol. The van der Waals surface area contributed by atoms with Gasteiger partial charge in [-0.15, -0.1) is 0 Å². The Labute approximate surface area is 183 Å². The van der Waals surface area contributed by atoms with Crippen LogP contribution in [0.15, 0.2) is 59.2 Å². The number of rotatable bonds is 4. The van der Waals surface area contributed by atoms with Gasteiger partial charge >= 0.3 is 0 Å². The smallest absolute Gasteiger partial charge is 0.227 e. The molecule has 1 N–H and O–H groups in total. The van der Waals surface area contributed by atoms with E-state index in [0.717, 1.165) is 53.0 Å². The van der Waals surface area contributed by atoms with Crippen molar-refractivity contribution < 1.29 is 9.18 Å². The Bertz CT molecular complexity index is 1050. The van der Waals surface area contributed by atoms with Crippen LogP contribution in [-0.4, -0.2) is 29.0 Å². The van der Waals surface area contributed by atoms with E-state index in [1.165, 1.54) is 12.1 Å². The van der Waals surface area contributed by atoms with Gasteiger partial charge in [-0.25, -0.2) is 14.4 Å². The Morgan fingerprint density at radius 3 is 2.57 bits per heavy atom. The molecular weight excluding hydrogens is 447 g/mol. The number of hydrogen-bond acceptors (Lipinski definition) is 4. The predicted octanol–water partition coefficient (Wildman–Crippen LogP) is 5.21. The standard InChI is InChI=1S/C23H22BrFN4O/c1-15-14-19(6-7-20(15)24)27-23(30)17-9-12-29(13-10-17)21-8-11-26-22(28-21)16-2-4-18(25)5-3-16/h2-8,11,14,17H,9-10,12-13H2,1H3,(H,27,30). The summed E-state index contributed by atoms with van der Waals surface area (Å²) in [5.41, 5.74) is 2.68. The summed E-state index contributed by atoms with van der Waals surface area (Å²) in [6.45, 7) is 3.49. The number of piperidine rings is 1. The van der Waals surface area contributed by atoms with Crippen LogP contribution in [0.2, 0.25) is 0 Å². The number of anilines is 2. The minimum absolute atomic E-state index is 0.0244. The van der Waals surface area contributed by atoms with Crippen LogP contribution in [0.5, 0.6) is 0 Å². The molecule has 2 aromatic carbocycles. The van der Waals surface area contributed by atoms with Crippen LogP contribution in [0.25, 0.3) is 11.4 Å². The minimum atomic E-state index is -0.284. The first-order valence-electron chi connectivity index (χ1n) is 9.90. The quantitative estimate of drug-likeness (QED) is 0.570. The molecule has 1 fully saturated rings. The molecule has 3 aromatic rings. The lowest BCUT2D eigenvalue weighted by Crippen LogP contribution is -2.38. The highest BCUT2D eigenvalue weighted by atomic mass is 79.9. The first-order chi connectivity index (χ1) is 14.5. The summed E-state index contributed by atoms with van der Waals surface area (Å²) in [4.78, 5) is 23.8. The molecule has 4 rings (SSSR count). The summed E-state index contributed by atoms with van der Waals surface area (Å²) < 4.78 is 14.2. The first-order valence-corrected chi connectivity index (χ1v) is 10.7. The number of halogens is 2. The topological polar surface area (TPSA) is 58.1 Å². The van der Waals surface area contributed by atoms with Gasteiger partial charge in [0.2, 0.25) is 5.91 Å². The number of carbonyl (C=O) groups is 1. The van der Waals surface area contributed by atoms with Crippen LogP contribution >= 0.6 is 15.9 Å². The fourth-order valence-electron chi connectivity index (χ4n) is 3.60. The molecule has 7 heteroatoms. The Hall–Kier alpha value is -2.80. The van der Waals surface area contributed by atoms with Crippen LogP contribution in [-0.2, 0) is 4.79 Å². The van der Waals surface area contributed by atoms with E-state index in [1.807, 2.05) is 31.2 Å². The lowest BCUT2D eigenvalue weighted by molar-refractivity contribution is -0.120. The van der Waals surface area contributed by atoms with Crippen molar-refractivity contribution in [2.24, 2.45) is 5.92 Å². The third-order valence-corrected chi connectivity index (χ3v) is 6.25. The van der Waals surface area contributed by atoms with E-state index in [0.29, 0.717) is 5.82 Å². The van der Waals surface area contributed by atoms with Gasteiger partial charge in [0, 0.05) is 40.9 Å². The van der Waals surface area contributed by atoms with Crippen molar-refractivity contribution in [1.82, 2.24) is 9.97 Å². The summed E-state index contributed by atoms with van der Waals surface area (Å²) in [6, 6.07) is 13.9. The van der Waals surface area contributed by atoms with E-state index in [-0.39, 0.29) is 17.6 Å². The van der Waals surface area contributed by atoms with E-state index in [4.69, 9.17) is 0 Å². The summed E-state index contributed by atoms with van der Waals surface area (Å²) >= 11 is 3.48. The number of aromatic nitrogens is 2. The SMILES string of the molecule is Cc1cc(NC(=O)C2CCN(c3ccnc(-c4ccc(F)cc4)n3)CC2)ccc1Br. The monoisotopic (exact) mass is 468 g/mol. The Balaban J connectivity index is 1.38. The van der Waals surface area contributed by atoms with E-state index in [1.54, 1.807) is 18.3 Å². The van der Waals surface area contributed by atoms with Gasteiger partial charge in [0.05, 0.1) is 0 Å². The summed E-state index contributed by atoms with van der Waals surface area (Å²) in [5, 5.41) is 3.03. The van der Waals surface area contributed by atoms with E-state index in [2.05, 4.69) is 36.1 Å². The molecule has 0 atom stereocenters. The first kappa shape index (κ1) is 20.5. The zero-order valence-corrected chi connectivity index (χ0v) is 18.2. The Morgan fingerprint density at radius 1 is 1.13 bits per heavy atom. The molecule has 5 nitrogen and oxygen atoms in total. The maximum atomic E-state index is 13.2. The number of amides is 1. The highest BCUT2D eigenvalue weighted by molar-refractivity contribution is 9.10. The number of aryl methyl sites for hydroxylation is 1. The maximum Gasteiger partial charge on any atom is 0.227 e. The third kappa shape index (κ3) is 4.67. The second-order valence-electron chi connectivity index (χ2n) is 7.46. The minimum Gasteiger partial charge on any atom is -0.356 e. The number of hydrogen-bond donors (Lipinski definition) is 1.